The standard InChI is InChI=1S/C11H19N3O4/c1-11(9(16)17,7-4-5-7)13-10(18)12-6-8(15)14(2)3/h7H,4-6H2,1-3H3,(H,16,17)(H2,12,13,18). The number of aliphatic carboxylic acids is 1. The van der Waals surface area contributed by atoms with E-state index in [0.717, 1.165) is 12.8 Å². The summed E-state index contributed by atoms with van der Waals surface area (Å²) in [6.45, 7) is 1.33. The normalized spacial score (nSPS) is 17.5. The van der Waals surface area contributed by atoms with Gasteiger partial charge >= 0.3 is 12.0 Å². The molecule has 0 aromatic rings. The largest absolute Gasteiger partial charge is 0.480 e. The molecule has 1 aliphatic rings. The van der Waals surface area contributed by atoms with Crippen LogP contribution in [0.2, 0.25) is 0 Å². The second kappa shape index (κ2) is 5.24. The second-order valence-corrected chi connectivity index (χ2v) is 4.88. The first-order valence-electron chi connectivity index (χ1n) is 5.77. The second-order valence-electron chi connectivity index (χ2n) is 4.88. The Morgan fingerprint density at radius 2 is 1.89 bits per heavy atom. The Hall–Kier alpha value is -1.79. The number of carboxylic acid groups (broad SMARTS) is 1. The number of urea groups is 1. The van der Waals surface area contributed by atoms with Gasteiger partial charge in [-0.15, -0.1) is 0 Å². The van der Waals surface area contributed by atoms with Crippen molar-refractivity contribution in [2.24, 2.45) is 5.92 Å². The molecular weight excluding hydrogens is 238 g/mol. The number of hydrogen-bond acceptors (Lipinski definition) is 3. The van der Waals surface area contributed by atoms with E-state index in [9.17, 15) is 14.4 Å². The van der Waals surface area contributed by atoms with Gasteiger partial charge in [0.05, 0.1) is 6.54 Å². The number of carbonyl (C=O) groups excluding carboxylic acids is 2. The van der Waals surface area contributed by atoms with Crippen molar-refractivity contribution in [3.8, 4) is 0 Å². The third kappa shape index (κ3) is 3.35. The molecule has 7 heteroatoms. The topological polar surface area (TPSA) is 98.7 Å². The zero-order valence-corrected chi connectivity index (χ0v) is 10.8. The van der Waals surface area contributed by atoms with Gasteiger partial charge in [0.15, 0.2) is 0 Å². The van der Waals surface area contributed by atoms with Crippen LogP contribution in [0.3, 0.4) is 0 Å². The highest BCUT2D eigenvalue weighted by atomic mass is 16.4. The van der Waals surface area contributed by atoms with Crippen LogP contribution in [-0.2, 0) is 9.59 Å². The summed E-state index contributed by atoms with van der Waals surface area (Å²) in [7, 11) is 3.15. The maximum atomic E-state index is 11.6. The van der Waals surface area contributed by atoms with Crippen molar-refractivity contribution < 1.29 is 19.5 Å². The summed E-state index contributed by atoms with van der Waals surface area (Å²) in [4.78, 5) is 35.3. The Balaban J connectivity index is 2.48. The third-order valence-corrected chi connectivity index (χ3v) is 3.11. The fourth-order valence-corrected chi connectivity index (χ4v) is 1.58. The van der Waals surface area contributed by atoms with E-state index >= 15 is 0 Å². The summed E-state index contributed by atoms with van der Waals surface area (Å²) < 4.78 is 0. The van der Waals surface area contributed by atoms with Gasteiger partial charge in [-0.25, -0.2) is 9.59 Å². The summed E-state index contributed by atoms with van der Waals surface area (Å²) in [6.07, 6.45) is 1.58. The van der Waals surface area contributed by atoms with E-state index in [1.807, 2.05) is 0 Å². The molecule has 7 nitrogen and oxygen atoms in total. The number of nitrogens with one attached hydrogen (secondary N) is 2. The van der Waals surface area contributed by atoms with Crippen molar-refractivity contribution in [3.63, 3.8) is 0 Å². The number of amides is 3. The summed E-state index contributed by atoms with van der Waals surface area (Å²) in [5.74, 6) is -1.35. The third-order valence-electron chi connectivity index (χ3n) is 3.11. The highest BCUT2D eigenvalue weighted by molar-refractivity contribution is 5.88. The van der Waals surface area contributed by atoms with Crippen LogP contribution >= 0.6 is 0 Å². The Kier molecular flexibility index (Phi) is 4.15. The number of carboxylic acids is 1. The van der Waals surface area contributed by atoms with Crippen LogP contribution in [0, 0.1) is 5.92 Å². The smallest absolute Gasteiger partial charge is 0.329 e. The van der Waals surface area contributed by atoms with Crippen LogP contribution in [0.1, 0.15) is 19.8 Å². The average molecular weight is 257 g/mol. The summed E-state index contributed by atoms with van der Waals surface area (Å²) in [5.41, 5.74) is -1.26. The minimum atomic E-state index is -1.26. The van der Waals surface area contributed by atoms with Crippen molar-refractivity contribution in [2.75, 3.05) is 20.6 Å². The van der Waals surface area contributed by atoms with E-state index in [-0.39, 0.29) is 18.4 Å². The number of carbonyl (C=O) groups is 3. The highest BCUT2D eigenvalue weighted by Gasteiger charge is 2.48. The molecule has 0 radical (unpaired) electrons. The monoisotopic (exact) mass is 257 g/mol. The summed E-state index contributed by atoms with van der Waals surface area (Å²) in [5, 5.41) is 13.9. The van der Waals surface area contributed by atoms with Gasteiger partial charge in [-0.2, -0.15) is 0 Å². The molecule has 1 unspecified atom stereocenters. The Morgan fingerprint density at radius 3 is 2.28 bits per heavy atom. The van der Waals surface area contributed by atoms with Crippen LogP contribution in [0.5, 0.6) is 0 Å². The Bertz CT molecular complexity index is 365. The molecule has 0 aromatic heterocycles. The molecular formula is C11H19N3O4. The predicted molar refractivity (Wildman–Crippen MR) is 64.0 cm³/mol. The molecule has 0 aromatic carbocycles. The van der Waals surface area contributed by atoms with Gasteiger partial charge in [-0.05, 0) is 25.7 Å². The molecule has 1 saturated carbocycles. The van der Waals surface area contributed by atoms with Crippen molar-refractivity contribution >= 4 is 17.9 Å². The van der Waals surface area contributed by atoms with E-state index in [4.69, 9.17) is 5.11 Å². The lowest BCUT2D eigenvalue weighted by Gasteiger charge is -2.26. The molecule has 0 aliphatic heterocycles. The van der Waals surface area contributed by atoms with Crippen molar-refractivity contribution in [1.29, 1.82) is 0 Å². The lowest BCUT2D eigenvalue weighted by Crippen LogP contribution is -2.57. The van der Waals surface area contributed by atoms with E-state index in [2.05, 4.69) is 10.6 Å². The van der Waals surface area contributed by atoms with Gasteiger partial charge in [-0.3, -0.25) is 4.79 Å². The van der Waals surface area contributed by atoms with Crippen molar-refractivity contribution in [2.45, 2.75) is 25.3 Å². The van der Waals surface area contributed by atoms with Crippen LogP contribution < -0.4 is 10.6 Å². The molecule has 1 fully saturated rings. The van der Waals surface area contributed by atoms with E-state index in [1.54, 1.807) is 14.1 Å². The van der Waals surface area contributed by atoms with E-state index < -0.39 is 17.5 Å². The number of likely N-dealkylation sites (N-methyl/N-ethyl adjacent to an activating group) is 1. The molecule has 0 bridgehead atoms. The summed E-state index contributed by atoms with van der Waals surface area (Å²) >= 11 is 0. The first kappa shape index (κ1) is 14.3. The quantitative estimate of drug-likeness (QED) is 0.625. The van der Waals surface area contributed by atoms with Gasteiger partial charge in [-0.1, -0.05) is 0 Å². The van der Waals surface area contributed by atoms with Gasteiger partial charge in [0.25, 0.3) is 0 Å². The van der Waals surface area contributed by atoms with Crippen LogP contribution in [0.15, 0.2) is 0 Å². The molecule has 0 heterocycles. The maximum Gasteiger partial charge on any atom is 0.329 e. The minimum Gasteiger partial charge on any atom is -0.480 e. The average Bonchev–Trinajstić information content (AvgIpc) is 3.08. The number of rotatable bonds is 5. The zero-order valence-electron chi connectivity index (χ0n) is 10.8. The highest BCUT2D eigenvalue weighted by Crippen LogP contribution is 2.39. The van der Waals surface area contributed by atoms with Gasteiger partial charge in [0, 0.05) is 14.1 Å². The fraction of sp³-hybridized carbons (Fsp3) is 0.727. The first-order chi connectivity index (χ1) is 8.27. The molecule has 3 amide bonds. The van der Waals surface area contributed by atoms with Gasteiger partial charge < -0.3 is 20.6 Å². The molecule has 1 rings (SSSR count). The molecule has 3 N–H and O–H groups in total. The van der Waals surface area contributed by atoms with Crippen molar-refractivity contribution in [3.05, 3.63) is 0 Å². The lowest BCUT2D eigenvalue weighted by molar-refractivity contribution is -0.144. The van der Waals surface area contributed by atoms with Crippen molar-refractivity contribution in [1.82, 2.24) is 15.5 Å². The molecule has 1 atom stereocenters. The number of nitrogens with zero attached hydrogens (tertiary/aromatic N) is 1. The SMILES string of the molecule is CN(C)C(=O)CNC(=O)NC(C)(C(=O)O)C1CC1. The fourth-order valence-electron chi connectivity index (χ4n) is 1.58. The Morgan fingerprint density at radius 1 is 1.33 bits per heavy atom. The Labute approximate surface area is 106 Å². The first-order valence-corrected chi connectivity index (χ1v) is 5.77. The maximum absolute atomic E-state index is 11.6. The number of hydrogen-bond donors (Lipinski definition) is 3. The van der Waals surface area contributed by atoms with Crippen LogP contribution in [-0.4, -0.2) is 54.1 Å². The molecule has 18 heavy (non-hydrogen) atoms. The van der Waals surface area contributed by atoms with Crippen LogP contribution in [0.25, 0.3) is 0 Å². The molecule has 1 aliphatic carbocycles. The van der Waals surface area contributed by atoms with Crippen LogP contribution in [0.4, 0.5) is 4.79 Å². The molecule has 0 spiro atoms. The minimum absolute atomic E-state index is 0.0368. The summed E-state index contributed by atoms with van der Waals surface area (Å²) in [6, 6.07) is -0.637. The molecule has 102 valence electrons. The van der Waals surface area contributed by atoms with Gasteiger partial charge in [0.2, 0.25) is 5.91 Å². The van der Waals surface area contributed by atoms with E-state index in [0.29, 0.717) is 0 Å². The predicted octanol–water partition coefficient (Wildman–Crippen LogP) is -0.373. The lowest BCUT2D eigenvalue weighted by atomic mass is 9.96. The van der Waals surface area contributed by atoms with E-state index in [1.165, 1.54) is 11.8 Å². The zero-order chi connectivity index (χ0) is 13.9. The molecule has 0 saturated heterocycles. The van der Waals surface area contributed by atoms with Gasteiger partial charge in [0.1, 0.15) is 5.54 Å².